The standard InChI is InChI=1S/C11H22N2O2S/c14-16(15,11-5-1-2-6-11)13-10-4-3-8-12-9-7-10/h10-13H,1-9H2. The van der Waals surface area contributed by atoms with Crippen LogP contribution in [0.4, 0.5) is 0 Å². The quantitative estimate of drug-likeness (QED) is 0.781. The van der Waals surface area contributed by atoms with Crippen LogP contribution in [0.3, 0.4) is 0 Å². The van der Waals surface area contributed by atoms with Crippen molar-refractivity contribution < 1.29 is 8.42 Å². The fourth-order valence-corrected chi connectivity index (χ4v) is 4.51. The lowest BCUT2D eigenvalue weighted by Crippen LogP contribution is -2.40. The van der Waals surface area contributed by atoms with E-state index in [0.717, 1.165) is 58.0 Å². The van der Waals surface area contributed by atoms with Crippen molar-refractivity contribution >= 4 is 10.0 Å². The van der Waals surface area contributed by atoms with Gasteiger partial charge in [0.05, 0.1) is 5.25 Å². The molecule has 0 aromatic carbocycles. The Labute approximate surface area is 98.2 Å². The molecule has 0 radical (unpaired) electrons. The minimum absolute atomic E-state index is 0.122. The summed E-state index contributed by atoms with van der Waals surface area (Å²) in [6, 6.07) is 0.153. The summed E-state index contributed by atoms with van der Waals surface area (Å²) in [4.78, 5) is 0. The lowest BCUT2D eigenvalue weighted by molar-refractivity contribution is 0.508. The molecule has 2 aliphatic rings. The predicted molar refractivity (Wildman–Crippen MR) is 64.8 cm³/mol. The molecule has 2 fully saturated rings. The summed E-state index contributed by atoms with van der Waals surface area (Å²) < 4.78 is 27.1. The van der Waals surface area contributed by atoms with E-state index in [9.17, 15) is 8.42 Å². The Bertz CT molecular complexity index is 302. The van der Waals surface area contributed by atoms with E-state index in [0.29, 0.717) is 0 Å². The fraction of sp³-hybridized carbons (Fsp3) is 1.00. The molecule has 1 aliphatic carbocycles. The van der Waals surface area contributed by atoms with Gasteiger partial charge >= 0.3 is 0 Å². The minimum Gasteiger partial charge on any atom is -0.317 e. The van der Waals surface area contributed by atoms with Crippen molar-refractivity contribution in [3.63, 3.8) is 0 Å². The van der Waals surface area contributed by atoms with Crippen LogP contribution in [-0.2, 0) is 10.0 Å². The Morgan fingerprint density at radius 1 is 0.938 bits per heavy atom. The van der Waals surface area contributed by atoms with Crippen LogP contribution in [0.2, 0.25) is 0 Å². The molecule has 0 aromatic rings. The first-order chi connectivity index (χ1) is 7.68. The molecule has 1 atom stereocenters. The van der Waals surface area contributed by atoms with Gasteiger partial charge in [0.2, 0.25) is 10.0 Å². The van der Waals surface area contributed by atoms with Gasteiger partial charge in [-0.25, -0.2) is 13.1 Å². The van der Waals surface area contributed by atoms with Crippen molar-refractivity contribution in [3.8, 4) is 0 Å². The third kappa shape index (κ3) is 3.18. The average molecular weight is 246 g/mol. The molecule has 0 aromatic heterocycles. The van der Waals surface area contributed by atoms with Crippen molar-refractivity contribution in [3.05, 3.63) is 0 Å². The highest BCUT2D eigenvalue weighted by molar-refractivity contribution is 7.90. The molecule has 0 spiro atoms. The van der Waals surface area contributed by atoms with E-state index in [-0.39, 0.29) is 11.3 Å². The zero-order chi connectivity index (χ0) is 11.4. The van der Waals surface area contributed by atoms with Crippen molar-refractivity contribution in [2.75, 3.05) is 13.1 Å². The first-order valence-electron chi connectivity index (χ1n) is 6.40. The second kappa shape index (κ2) is 5.47. The summed E-state index contributed by atoms with van der Waals surface area (Å²) in [5, 5.41) is 3.18. The first-order valence-corrected chi connectivity index (χ1v) is 7.95. The van der Waals surface area contributed by atoms with Gasteiger partial charge in [-0.3, -0.25) is 0 Å². The van der Waals surface area contributed by atoms with Gasteiger partial charge in [-0.1, -0.05) is 12.8 Å². The average Bonchev–Trinajstić information content (AvgIpc) is 2.67. The predicted octanol–water partition coefficient (Wildman–Crippen LogP) is 0.990. The highest BCUT2D eigenvalue weighted by Gasteiger charge is 2.30. The van der Waals surface area contributed by atoms with E-state index in [1.54, 1.807) is 0 Å². The summed E-state index contributed by atoms with van der Waals surface area (Å²) in [6.45, 7) is 1.94. The third-order valence-corrected chi connectivity index (χ3v) is 5.66. The van der Waals surface area contributed by atoms with E-state index in [2.05, 4.69) is 10.0 Å². The molecule has 1 heterocycles. The van der Waals surface area contributed by atoms with Crippen LogP contribution >= 0.6 is 0 Å². The molecule has 1 saturated carbocycles. The molecule has 94 valence electrons. The fourth-order valence-electron chi connectivity index (χ4n) is 2.66. The number of nitrogens with one attached hydrogen (secondary N) is 2. The minimum atomic E-state index is -3.05. The lowest BCUT2D eigenvalue weighted by Gasteiger charge is -2.19. The molecule has 1 unspecified atom stereocenters. The largest absolute Gasteiger partial charge is 0.317 e. The van der Waals surface area contributed by atoms with Gasteiger partial charge in [0, 0.05) is 6.04 Å². The number of hydrogen-bond donors (Lipinski definition) is 2. The van der Waals surface area contributed by atoms with E-state index in [1.807, 2.05) is 0 Å². The monoisotopic (exact) mass is 246 g/mol. The second-order valence-corrected chi connectivity index (χ2v) is 6.94. The number of hydrogen-bond acceptors (Lipinski definition) is 3. The van der Waals surface area contributed by atoms with Crippen LogP contribution in [0, 0.1) is 0 Å². The molecule has 16 heavy (non-hydrogen) atoms. The van der Waals surface area contributed by atoms with Gasteiger partial charge in [0.1, 0.15) is 0 Å². The molecule has 0 bridgehead atoms. The van der Waals surface area contributed by atoms with Gasteiger partial charge < -0.3 is 5.32 Å². The highest BCUT2D eigenvalue weighted by atomic mass is 32.2. The smallest absolute Gasteiger partial charge is 0.214 e. The second-order valence-electron chi connectivity index (χ2n) is 4.95. The molecule has 1 aliphatic heterocycles. The van der Waals surface area contributed by atoms with Crippen LogP contribution in [0.25, 0.3) is 0 Å². The zero-order valence-electron chi connectivity index (χ0n) is 9.74. The maximum Gasteiger partial charge on any atom is 0.214 e. The maximum absolute atomic E-state index is 12.1. The van der Waals surface area contributed by atoms with E-state index < -0.39 is 10.0 Å². The lowest BCUT2D eigenvalue weighted by atomic mass is 10.1. The van der Waals surface area contributed by atoms with Crippen LogP contribution < -0.4 is 10.0 Å². The van der Waals surface area contributed by atoms with Crippen LogP contribution in [0.15, 0.2) is 0 Å². The van der Waals surface area contributed by atoms with E-state index in [1.165, 1.54) is 0 Å². The molecule has 0 amide bonds. The van der Waals surface area contributed by atoms with Gasteiger partial charge in [-0.2, -0.15) is 0 Å². The molecule has 5 heteroatoms. The Balaban J connectivity index is 1.91. The van der Waals surface area contributed by atoms with Gasteiger partial charge in [0.25, 0.3) is 0 Å². The number of sulfonamides is 1. The first kappa shape index (κ1) is 12.3. The number of rotatable bonds is 3. The van der Waals surface area contributed by atoms with Gasteiger partial charge in [-0.05, 0) is 45.2 Å². The summed E-state index contributed by atoms with van der Waals surface area (Å²) >= 11 is 0. The Hall–Kier alpha value is -0.130. The normalized spacial score (nSPS) is 29.1. The molecule has 2 rings (SSSR count). The summed E-state index contributed by atoms with van der Waals surface area (Å²) in [7, 11) is -3.05. The van der Waals surface area contributed by atoms with Gasteiger partial charge in [-0.15, -0.1) is 0 Å². The van der Waals surface area contributed by atoms with E-state index in [4.69, 9.17) is 0 Å². The molecular formula is C11H22N2O2S. The summed E-state index contributed by atoms with van der Waals surface area (Å²) in [5.74, 6) is 0. The molecule has 1 saturated heterocycles. The van der Waals surface area contributed by atoms with Crippen molar-refractivity contribution in [1.82, 2.24) is 10.0 Å². The highest BCUT2D eigenvalue weighted by Crippen LogP contribution is 2.24. The summed E-state index contributed by atoms with van der Waals surface area (Å²) in [6.07, 6.45) is 6.79. The van der Waals surface area contributed by atoms with Crippen LogP contribution in [0.1, 0.15) is 44.9 Å². The Kier molecular flexibility index (Phi) is 4.21. The Morgan fingerprint density at radius 2 is 1.69 bits per heavy atom. The van der Waals surface area contributed by atoms with Crippen molar-refractivity contribution in [2.45, 2.75) is 56.2 Å². The third-order valence-electron chi connectivity index (χ3n) is 3.65. The van der Waals surface area contributed by atoms with Crippen molar-refractivity contribution in [1.29, 1.82) is 0 Å². The van der Waals surface area contributed by atoms with E-state index >= 15 is 0 Å². The van der Waals surface area contributed by atoms with Crippen molar-refractivity contribution in [2.24, 2.45) is 0 Å². The van der Waals surface area contributed by atoms with Crippen LogP contribution in [-0.4, -0.2) is 32.8 Å². The van der Waals surface area contributed by atoms with Gasteiger partial charge in [0.15, 0.2) is 0 Å². The molecule has 4 nitrogen and oxygen atoms in total. The SMILES string of the molecule is O=S(=O)(NC1CCCNCC1)C1CCCC1. The summed E-state index contributed by atoms with van der Waals surface area (Å²) in [5.41, 5.74) is 0. The zero-order valence-corrected chi connectivity index (χ0v) is 10.6. The maximum atomic E-state index is 12.1. The topological polar surface area (TPSA) is 58.2 Å². The molecular weight excluding hydrogens is 224 g/mol. The Morgan fingerprint density at radius 3 is 2.44 bits per heavy atom. The molecule has 2 N–H and O–H groups in total. The van der Waals surface area contributed by atoms with Crippen LogP contribution in [0.5, 0.6) is 0 Å².